The number of likely N-dealkylation sites (tertiary alicyclic amines) is 2. The van der Waals surface area contributed by atoms with Crippen LogP contribution >= 0.6 is 0 Å². The predicted octanol–water partition coefficient (Wildman–Crippen LogP) is 1.19. The van der Waals surface area contributed by atoms with Crippen molar-refractivity contribution < 1.29 is 23.9 Å². The number of piperidine rings is 2. The number of anilines is 1. The zero-order valence-corrected chi connectivity index (χ0v) is 19.6. The first-order valence-electron chi connectivity index (χ1n) is 12.0. The average molecular weight is 472 g/mol. The van der Waals surface area contributed by atoms with Gasteiger partial charge in [0.1, 0.15) is 5.75 Å². The van der Waals surface area contributed by atoms with Crippen molar-refractivity contribution in [1.29, 1.82) is 0 Å². The first kappa shape index (κ1) is 24.0. The lowest BCUT2D eigenvalue weighted by Crippen LogP contribution is -2.49. The highest BCUT2D eigenvalue weighted by Crippen LogP contribution is 2.32. The van der Waals surface area contributed by atoms with Gasteiger partial charge in [0, 0.05) is 50.6 Å². The number of benzene rings is 1. The largest absolute Gasteiger partial charge is 0.495 e. The van der Waals surface area contributed by atoms with Crippen molar-refractivity contribution in [2.24, 2.45) is 17.6 Å². The van der Waals surface area contributed by atoms with Crippen LogP contribution in [0.5, 0.6) is 5.75 Å². The van der Waals surface area contributed by atoms with Gasteiger partial charge in [0.25, 0.3) is 5.91 Å². The molecule has 0 bridgehead atoms. The molecule has 0 saturated carbocycles. The molecule has 10 nitrogen and oxygen atoms in total. The summed E-state index contributed by atoms with van der Waals surface area (Å²) >= 11 is 0. The van der Waals surface area contributed by atoms with Crippen molar-refractivity contribution in [3.05, 3.63) is 23.8 Å². The van der Waals surface area contributed by atoms with Crippen LogP contribution in [-0.4, -0.2) is 79.9 Å². The number of imide groups is 1. The van der Waals surface area contributed by atoms with E-state index in [9.17, 15) is 19.2 Å². The molecule has 1 aromatic carbocycles. The lowest BCUT2D eigenvalue weighted by Gasteiger charge is -2.37. The molecule has 3 aliphatic rings. The van der Waals surface area contributed by atoms with Gasteiger partial charge in [0.2, 0.25) is 11.8 Å². The summed E-state index contributed by atoms with van der Waals surface area (Å²) in [7, 11) is 1.49. The Morgan fingerprint density at radius 1 is 1.03 bits per heavy atom. The quantitative estimate of drug-likeness (QED) is 0.665. The van der Waals surface area contributed by atoms with E-state index >= 15 is 0 Å². The smallest absolute Gasteiger partial charge is 0.328 e. The van der Waals surface area contributed by atoms with Gasteiger partial charge in [-0.1, -0.05) is 0 Å². The zero-order chi connectivity index (χ0) is 24.2. The Morgan fingerprint density at radius 2 is 1.71 bits per heavy atom. The van der Waals surface area contributed by atoms with Crippen LogP contribution in [0.25, 0.3) is 0 Å². The minimum absolute atomic E-state index is 0.0560. The van der Waals surface area contributed by atoms with Crippen LogP contribution < -0.4 is 20.7 Å². The third kappa shape index (κ3) is 5.01. The molecule has 184 valence electrons. The predicted molar refractivity (Wildman–Crippen MR) is 125 cm³/mol. The van der Waals surface area contributed by atoms with Crippen molar-refractivity contribution in [1.82, 2.24) is 15.1 Å². The Morgan fingerprint density at radius 3 is 2.32 bits per heavy atom. The van der Waals surface area contributed by atoms with Gasteiger partial charge in [-0.2, -0.15) is 0 Å². The monoisotopic (exact) mass is 471 g/mol. The van der Waals surface area contributed by atoms with Crippen LogP contribution in [0.2, 0.25) is 0 Å². The van der Waals surface area contributed by atoms with E-state index in [1.54, 1.807) is 23.1 Å². The molecule has 3 saturated heterocycles. The first-order chi connectivity index (χ1) is 16.4. The minimum atomic E-state index is -0.533. The van der Waals surface area contributed by atoms with E-state index in [1.165, 1.54) is 12.0 Å². The number of amides is 5. The number of ether oxygens (including phenoxy) is 1. The molecule has 3 heterocycles. The Balaban J connectivity index is 1.39. The first-order valence-corrected chi connectivity index (χ1v) is 12.0. The topological polar surface area (TPSA) is 125 Å². The van der Waals surface area contributed by atoms with E-state index in [0.29, 0.717) is 55.4 Å². The Kier molecular flexibility index (Phi) is 7.35. The summed E-state index contributed by atoms with van der Waals surface area (Å²) in [5.74, 6) is 0.623. The van der Waals surface area contributed by atoms with Crippen LogP contribution in [0.15, 0.2) is 18.2 Å². The summed E-state index contributed by atoms with van der Waals surface area (Å²) in [6.07, 6.45) is 3.38. The van der Waals surface area contributed by atoms with E-state index in [-0.39, 0.29) is 36.6 Å². The number of methoxy groups -OCH3 is 1. The second-order valence-electron chi connectivity index (χ2n) is 9.21. The standard InChI is InChI=1S/C24H33N5O5/c1-34-20-3-2-18(14-19(20)29-13-8-21(30)26-24(29)33)23(32)28-11-6-17(7-12-28)22(31)27-9-4-16(15-25)5-10-27/h2-3,14,16-17H,4-13,15,25H2,1H3,(H,26,30,33). The van der Waals surface area contributed by atoms with Crippen LogP contribution in [0.4, 0.5) is 10.5 Å². The molecule has 3 fully saturated rings. The van der Waals surface area contributed by atoms with Gasteiger partial charge in [0.05, 0.1) is 12.8 Å². The number of rotatable bonds is 5. The number of hydrogen-bond donors (Lipinski definition) is 2. The Hall–Kier alpha value is -3.14. The molecule has 0 aromatic heterocycles. The van der Waals surface area contributed by atoms with E-state index in [1.807, 2.05) is 4.90 Å². The number of nitrogens with zero attached hydrogens (tertiary/aromatic N) is 3. The van der Waals surface area contributed by atoms with Crippen molar-refractivity contribution in [2.45, 2.75) is 32.1 Å². The number of carbonyl (C=O) groups is 4. The van der Waals surface area contributed by atoms with E-state index < -0.39 is 6.03 Å². The fourth-order valence-electron chi connectivity index (χ4n) is 4.99. The van der Waals surface area contributed by atoms with E-state index in [0.717, 1.165) is 25.9 Å². The maximum absolute atomic E-state index is 13.2. The minimum Gasteiger partial charge on any atom is -0.495 e. The summed E-state index contributed by atoms with van der Waals surface area (Å²) in [6.45, 7) is 3.45. The lowest BCUT2D eigenvalue weighted by molar-refractivity contribution is -0.138. The number of nitrogens with one attached hydrogen (secondary N) is 1. The van der Waals surface area contributed by atoms with Gasteiger partial charge in [-0.25, -0.2) is 4.79 Å². The van der Waals surface area contributed by atoms with Crippen LogP contribution in [0.1, 0.15) is 42.5 Å². The molecule has 3 aliphatic heterocycles. The maximum atomic E-state index is 13.2. The third-order valence-corrected chi connectivity index (χ3v) is 7.16. The van der Waals surface area contributed by atoms with Gasteiger partial charge in [-0.3, -0.25) is 24.6 Å². The molecule has 34 heavy (non-hydrogen) atoms. The van der Waals surface area contributed by atoms with E-state index in [4.69, 9.17) is 10.5 Å². The van der Waals surface area contributed by atoms with E-state index in [2.05, 4.69) is 5.32 Å². The molecule has 0 aliphatic carbocycles. The highest BCUT2D eigenvalue weighted by atomic mass is 16.5. The number of carbonyl (C=O) groups excluding carboxylic acids is 4. The maximum Gasteiger partial charge on any atom is 0.328 e. The van der Waals surface area contributed by atoms with Crippen molar-refractivity contribution in [3.8, 4) is 5.75 Å². The normalized spacial score (nSPS) is 20.4. The Labute approximate surface area is 199 Å². The summed E-state index contributed by atoms with van der Waals surface area (Å²) < 4.78 is 5.39. The van der Waals surface area contributed by atoms with Gasteiger partial charge in [0.15, 0.2) is 0 Å². The highest BCUT2D eigenvalue weighted by molar-refractivity contribution is 6.07. The summed E-state index contributed by atoms with van der Waals surface area (Å²) in [4.78, 5) is 55.1. The molecular weight excluding hydrogens is 438 g/mol. The lowest BCUT2D eigenvalue weighted by atomic mass is 9.92. The second-order valence-corrected chi connectivity index (χ2v) is 9.21. The SMILES string of the molecule is COc1ccc(C(=O)N2CCC(C(=O)N3CCC(CN)CC3)CC2)cc1N1CCC(=O)NC1=O. The molecule has 0 spiro atoms. The molecule has 10 heteroatoms. The number of urea groups is 1. The molecule has 1 aromatic rings. The summed E-state index contributed by atoms with van der Waals surface area (Å²) in [6, 6.07) is 4.44. The molecule has 0 atom stereocenters. The zero-order valence-electron chi connectivity index (χ0n) is 19.6. The summed E-state index contributed by atoms with van der Waals surface area (Å²) in [5, 5.41) is 2.29. The van der Waals surface area contributed by atoms with Crippen LogP contribution in [0.3, 0.4) is 0 Å². The van der Waals surface area contributed by atoms with Crippen molar-refractivity contribution >= 4 is 29.4 Å². The average Bonchev–Trinajstić information content (AvgIpc) is 2.87. The molecule has 0 unspecified atom stereocenters. The molecule has 5 amide bonds. The molecule has 4 rings (SSSR count). The fourth-order valence-corrected chi connectivity index (χ4v) is 4.99. The van der Waals surface area contributed by atoms with Crippen LogP contribution in [0, 0.1) is 11.8 Å². The summed E-state index contributed by atoms with van der Waals surface area (Å²) in [5.41, 5.74) is 6.64. The van der Waals surface area contributed by atoms with Gasteiger partial charge in [-0.05, 0) is 56.3 Å². The third-order valence-electron chi connectivity index (χ3n) is 7.16. The molecular formula is C24H33N5O5. The van der Waals surface area contributed by atoms with Gasteiger partial charge in [-0.15, -0.1) is 0 Å². The van der Waals surface area contributed by atoms with Crippen molar-refractivity contribution in [2.75, 3.05) is 51.3 Å². The second kappa shape index (κ2) is 10.4. The number of nitrogens with two attached hydrogens (primary N) is 1. The molecule has 0 radical (unpaired) electrons. The van der Waals surface area contributed by atoms with Crippen LogP contribution in [-0.2, 0) is 9.59 Å². The fraction of sp³-hybridized carbons (Fsp3) is 0.583. The van der Waals surface area contributed by atoms with Crippen molar-refractivity contribution in [3.63, 3.8) is 0 Å². The highest BCUT2D eigenvalue weighted by Gasteiger charge is 2.33. The molecule has 3 N–H and O–H groups in total. The van der Waals surface area contributed by atoms with Gasteiger partial charge < -0.3 is 20.3 Å². The Bertz CT molecular complexity index is 951. The van der Waals surface area contributed by atoms with Gasteiger partial charge >= 0.3 is 6.03 Å². The number of hydrogen-bond acceptors (Lipinski definition) is 6.